The van der Waals surface area contributed by atoms with Gasteiger partial charge in [0.15, 0.2) is 11.4 Å². The molecule has 33 heavy (non-hydrogen) atoms. The van der Waals surface area contributed by atoms with Gasteiger partial charge in [-0.2, -0.15) is 5.10 Å². The molecule has 0 bridgehead atoms. The summed E-state index contributed by atoms with van der Waals surface area (Å²) in [6, 6.07) is 12.4. The van der Waals surface area contributed by atoms with Crippen LogP contribution in [-0.2, 0) is 4.79 Å². The monoisotopic (exact) mass is 445 g/mol. The van der Waals surface area contributed by atoms with Gasteiger partial charge in [-0.15, -0.1) is 0 Å². The molecular formula is C25H27N5O3. The van der Waals surface area contributed by atoms with Crippen molar-refractivity contribution in [2.45, 2.75) is 40.2 Å². The van der Waals surface area contributed by atoms with Crippen LogP contribution >= 0.6 is 0 Å². The third-order valence-corrected chi connectivity index (χ3v) is 5.09. The van der Waals surface area contributed by atoms with Crippen LogP contribution < -0.4 is 10.6 Å². The van der Waals surface area contributed by atoms with Gasteiger partial charge in [-0.3, -0.25) is 9.59 Å². The molecule has 0 saturated heterocycles. The van der Waals surface area contributed by atoms with Crippen molar-refractivity contribution in [1.29, 1.82) is 0 Å². The van der Waals surface area contributed by atoms with Crippen molar-refractivity contribution < 1.29 is 14.0 Å². The zero-order chi connectivity index (χ0) is 23.5. The second-order valence-electron chi connectivity index (χ2n) is 8.63. The number of rotatable bonds is 7. The second kappa shape index (κ2) is 9.28. The molecule has 2 N–H and O–H groups in total. The summed E-state index contributed by atoms with van der Waals surface area (Å²) in [5.74, 6) is 0.541. The van der Waals surface area contributed by atoms with Gasteiger partial charge in [-0.1, -0.05) is 13.8 Å². The minimum Gasteiger partial charge on any atom is -0.463 e. The molecule has 8 nitrogen and oxygen atoms in total. The molecule has 4 aromatic rings. The van der Waals surface area contributed by atoms with Gasteiger partial charge < -0.3 is 15.1 Å². The Hall–Kier alpha value is -3.94. The van der Waals surface area contributed by atoms with Crippen LogP contribution in [0, 0.1) is 5.92 Å². The molecule has 0 fully saturated rings. The highest BCUT2D eigenvalue weighted by Crippen LogP contribution is 2.27. The average Bonchev–Trinajstić information content (AvgIpc) is 3.43. The van der Waals surface area contributed by atoms with Crippen molar-refractivity contribution >= 4 is 34.2 Å². The molecule has 0 atom stereocenters. The Bertz CT molecular complexity index is 1270. The third-order valence-electron chi connectivity index (χ3n) is 5.09. The van der Waals surface area contributed by atoms with Gasteiger partial charge in [0, 0.05) is 23.8 Å². The van der Waals surface area contributed by atoms with Gasteiger partial charge in [-0.25, -0.2) is 9.67 Å². The van der Waals surface area contributed by atoms with E-state index in [2.05, 4.69) is 15.7 Å². The summed E-state index contributed by atoms with van der Waals surface area (Å²) in [4.78, 5) is 29.9. The number of carbonyl (C=O) groups is 2. The van der Waals surface area contributed by atoms with Crippen LogP contribution in [0.4, 0.5) is 11.4 Å². The fourth-order valence-corrected chi connectivity index (χ4v) is 3.55. The van der Waals surface area contributed by atoms with Crippen molar-refractivity contribution in [3.8, 4) is 11.5 Å². The van der Waals surface area contributed by atoms with E-state index in [4.69, 9.17) is 9.40 Å². The Morgan fingerprint density at radius 1 is 1.03 bits per heavy atom. The number of aromatic nitrogens is 3. The van der Waals surface area contributed by atoms with Gasteiger partial charge in [0.2, 0.25) is 5.91 Å². The van der Waals surface area contributed by atoms with E-state index in [1.54, 1.807) is 59.6 Å². The molecule has 0 aliphatic carbocycles. The SMILES string of the molecule is CC(C)CC(=O)Nc1ccc(NC(=O)c2cc(-c3ccco3)nc3c2cnn3C(C)C)cc1. The van der Waals surface area contributed by atoms with E-state index in [0.717, 1.165) is 0 Å². The molecule has 1 aromatic carbocycles. The molecule has 170 valence electrons. The van der Waals surface area contributed by atoms with Crippen molar-refractivity contribution in [3.05, 3.63) is 60.5 Å². The normalized spacial score (nSPS) is 11.3. The number of fused-ring (bicyclic) bond motifs is 1. The van der Waals surface area contributed by atoms with E-state index >= 15 is 0 Å². The van der Waals surface area contributed by atoms with E-state index in [9.17, 15) is 9.59 Å². The van der Waals surface area contributed by atoms with E-state index in [1.807, 2.05) is 27.7 Å². The summed E-state index contributed by atoms with van der Waals surface area (Å²) in [6.07, 6.45) is 3.69. The number of hydrogen-bond acceptors (Lipinski definition) is 5. The molecular weight excluding hydrogens is 418 g/mol. The Labute approximate surface area is 192 Å². The molecule has 8 heteroatoms. The van der Waals surface area contributed by atoms with Crippen LogP contribution in [0.15, 0.2) is 59.3 Å². The predicted octanol–water partition coefficient (Wildman–Crippen LogP) is 5.51. The van der Waals surface area contributed by atoms with E-state index in [-0.39, 0.29) is 23.8 Å². The first-order valence-corrected chi connectivity index (χ1v) is 10.9. The van der Waals surface area contributed by atoms with E-state index in [1.165, 1.54) is 0 Å². The highest BCUT2D eigenvalue weighted by molar-refractivity contribution is 6.12. The molecule has 0 spiro atoms. The maximum Gasteiger partial charge on any atom is 0.256 e. The van der Waals surface area contributed by atoms with E-state index in [0.29, 0.717) is 45.8 Å². The Kier molecular flexibility index (Phi) is 6.26. The van der Waals surface area contributed by atoms with Crippen LogP contribution in [0.3, 0.4) is 0 Å². The lowest BCUT2D eigenvalue weighted by molar-refractivity contribution is -0.116. The second-order valence-corrected chi connectivity index (χ2v) is 8.63. The lowest BCUT2D eigenvalue weighted by atomic mass is 10.1. The van der Waals surface area contributed by atoms with Gasteiger partial charge in [-0.05, 0) is 62.2 Å². The summed E-state index contributed by atoms with van der Waals surface area (Å²) in [5.41, 5.74) is 2.93. The molecule has 0 aliphatic heterocycles. The zero-order valence-corrected chi connectivity index (χ0v) is 19.1. The maximum atomic E-state index is 13.2. The average molecular weight is 446 g/mol. The molecule has 0 saturated carbocycles. The highest BCUT2D eigenvalue weighted by Gasteiger charge is 2.19. The largest absolute Gasteiger partial charge is 0.463 e. The maximum absolute atomic E-state index is 13.2. The number of benzene rings is 1. The molecule has 0 unspecified atom stereocenters. The highest BCUT2D eigenvalue weighted by atomic mass is 16.3. The number of carbonyl (C=O) groups excluding carboxylic acids is 2. The van der Waals surface area contributed by atoms with Crippen LogP contribution in [-0.4, -0.2) is 26.6 Å². The first-order chi connectivity index (χ1) is 15.8. The number of hydrogen-bond donors (Lipinski definition) is 2. The fourth-order valence-electron chi connectivity index (χ4n) is 3.55. The van der Waals surface area contributed by atoms with Crippen LogP contribution in [0.5, 0.6) is 0 Å². The van der Waals surface area contributed by atoms with Crippen molar-refractivity contribution in [2.24, 2.45) is 5.92 Å². The van der Waals surface area contributed by atoms with Gasteiger partial charge >= 0.3 is 0 Å². The lowest BCUT2D eigenvalue weighted by Crippen LogP contribution is -2.15. The third kappa shape index (κ3) is 4.95. The minimum atomic E-state index is -0.282. The number of nitrogens with zero attached hydrogens (tertiary/aromatic N) is 3. The smallest absolute Gasteiger partial charge is 0.256 e. The summed E-state index contributed by atoms with van der Waals surface area (Å²) in [5, 5.41) is 10.9. The molecule has 0 radical (unpaired) electrons. The van der Waals surface area contributed by atoms with Crippen LogP contribution in [0.1, 0.15) is 50.5 Å². The number of pyridine rings is 1. The van der Waals surface area contributed by atoms with Gasteiger partial charge in [0.25, 0.3) is 5.91 Å². The zero-order valence-electron chi connectivity index (χ0n) is 19.1. The van der Waals surface area contributed by atoms with Crippen LogP contribution in [0.2, 0.25) is 0 Å². The summed E-state index contributed by atoms with van der Waals surface area (Å²) >= 11 is 0. The predicted molar refractivity (Wildman–Crippen MR) is 128 cm³/mol. The Morgan fingerprint density at radius 2 is 1.73 bits per heavy atom. The molecule has 0 aliphatic rings. The first-order valence-electron chi connectivity index (χ1n) is 10.9. The number of nitrogens with one attached hydrogen (secondary N) is 2. The fraction of sp³-hybridized carbons (Fsp3) is 0.280. The standard InChI is InChI=1S/C25H27N5O3/c1-15(2)12-23(31)27-17-7-9-18(10-8-17)28-25(32)19-13-21(22-6-5-11-33-22)29-24-20(19)14-26-30(24)16(3)4/h5-11,13-16H,12H2,1-4H3,(H,27,31)(H,28,32). The summed E-state index contributed by atoms with van der Waals surface area (Å²) in [6.45, 7) is 8.01. The summed E-state index contributed by atoms with van der Waals surface area (Å²) in [7, 11) is 0. The Balaban J connectivity index is 1.61. The quantitative estimate of drug-likeness (QED) is 0.391. The van der Waals surface area contributed by atoms with Crippen molar-refractivity contribution in [1.82, 2.24) is 14.8 Å². The van der Waals surface area contributed by atoms with Gasteiger partial charge in [0.1, 0.15) is 5.69 Å². The van der Waals surface area contributed by atoms with Gasteiger partial charge in [0.05, 0.1) is 23.4 Å². The number of anilines is 2. The summed E-state index contributed by atoms with van der Waals surface area (Å²) < 4.78 is 7.29. The van der Waals surface area contributed by atoms with E-state index < -0.39 is 0 Å². The van der Waals surface area contributed by atoms with Crippen molar-refractivity contribution in [3.63, 3.8) is 0 Å². The first kappa shape index (κ1) is 22.3. The number of amides is 2. The molecule has 4 rings (SSSR count). The van der Waals surface area contributed by atoms with Crippen molar-refractivity contribution in [2.75, 3.05) is 10.6 Å². The number of furan rings is 1. The minimum absolute atomic E-state index is 0.0337. The van der Waals surface area contributed by atoms with Crippen LogP contribution in [0.25, 0.3) is 22.5 Å². The lowest BCUT2D eigenvalue weighted by Gasteiger charge is -2.11. The molecule has 2 amide bonds. The Morgan fingerprint density at radius 3 is 2.33 bits per heavy atom. The molecule has 3 aromatic heterocycles. The topological polar surface area (TPSA) is 102 Å². The molecule has 3 heterocycles.